The minimum atomic E-state index is -0.401. The van der Waals surface area contributed by atoms with Gasteiger partial charge in [-0.2, -0.15) is 5.10 Å². The lowest BCUT2D eigenvalue weighted by molar-refractivity contribution is -0.128. The van der Waals surface area contributed by atoms with Crippen LogP contribution in [0.2, 0.25) is 5.02 Å². The Hall–Kier alpha value is -2.77. The summed E-state index contributed by atoms with van der Waals surface area (Å²) in [4.78, 5) is 32.0. The number of carbonyl (C=O) groups is 1. The van der Waals surface area contributed by atoms with E-state index in [1.807, 2.05) is 45.0 Å². The lowest BCUT2D eigenvalue weighted by Crippen LogP contribution is -2.43. The summed E-state index contributed by atoms with van der Waals surface area (Å²) in [6, 6.07) is 9.66. The number of nitrogens with zero attached hydrogens (tertiary/aromatic N) is 4. The zero-order chi connectivity index (χ0) is 24.3. The van der Waals surface area contributed by atoms with Crippen LogP contribution in [0.15, 0.2) is 47.5 Å². The first-order chi connectivity index (χ1) is 16.2. The molecule has 180 valence electrons. The van der Waals surface area contributed by atoms with Crippen LogP contribution in [0.3, 0.4) is 0 Å². The maximum absolute atomic E-state index is 13.3. The Morgan fingerprint density at radius 2 is 1.94 bits per heavy atom. The summed E-state index contributed by atoms with van der Waals surface area (Å²) < 4.78 is 1.62. The largest absolute Gasteiger partial charge is 0.354 e. The van der Waals surface area contributed by atoms with Gasteiger partial charge >= 0.3 is 0 Å². The maximum Gasteiger partial charge on any atom is 0.274 e. The number of pyridine rings is 1. The first kappa shape index (κ1) is 24.4. The Labute approximate surface area is 205 Å². The van der Waals surface area contributed by atoms with Crippen LogP contribution in [0.4, 0.5) is 0 Å². The van der Waals surface area contributed by atoms with Crippen LogP contribution in [0.25, 0.3) is 10.8 Å². The Morgan fingerprint density at radius 3 is 2.68 bits per heavy atom. The molecule has 4 rings (SSSR count). The number of nitrogens with one attached hydrogen (secondary N) is 1. The van der Waals surface area contributed by atoms with Crippen LogP contribution < -0.4 is 10.9 Å². The molecule has 0 aliphatic carbocycles. The van der Waals surface area contributed by atoms with Crippen LogP contribution in [-0.2, 0) is 17.8 Å². The third-order valence-electron chi connectivity index (χ3n) is 6.37. The van der Waals surface area contributed by atoms with Gasteiger partial charge < -0.3 is 5.32 Å². The average Bonchev–Trinajstić information content (AvgIpc) is 3.24. The molecule has 3 aromatic rings. The highest BCUT2D eigenvalue weighted by molar-refractivity contribution is 6.30. The fourth-order valence-electron chi connectivity index (χ4n) is 4.42. The molecule has 1 amide bonds. The molecule has 1 fully saturated rings. The van der Waals surface area contributed by atoms with E-state index in [1.54, 1.807) is 23.1 Å². The summed E-state index contributed by atoms with van der Waals surface area (Å²) in [5, 5.41) is 9.93. The van der Waals surface area contributed by atoms with Crippen molar-refractivity contribution in [2.45, 2.75) is 52.6 Å². The highest BCUT2D eigenvalue weighted by atomic mass is 35.5. The molecule has 0 spiro atoms. The van der Waals surface area contributed by atoms with E-state index in [-0.39, 0.29) is 17.5 Å². The molecule has 1 aromatic carbocycles. The summed E-state index contributed by atoms with van der Waals surface area (Å²) >= 11 is 6.04. The van der Waals surface area contributed by atoms with Gasteiger partial charge in [-0.15, -0.1) is 0 Å². The molecule has 0 bridgehead atoms. The number of rotatable bonds is 7. The summed E-state index contributed by atoms with van der Waals surface area (Å²) in [5.74, 6) is 0.0520. The minimum Gasteiger partial charge on any atom is -0.354 e. The monoisotopic (exact) mass is 481 g/mol. The number of fused-ring (bicyclic) bond motifs is 1. The average molecular weight is 482 g/mol. The normalized spacial score (nSPS) is 16.8. The molecule has 0 radical (unpaired) electrons. The molecule has 7 nitrogen and oxygen atoms in total. The molecule has 1 saturated heterocycles. The molecule has 34 heavy (non-hydrogen) atoms. The molecule has 1 aliphatic heterocycles. The first-order valence-electron chi connectivity index (χ1n) is 11.8. The third kappa shape index (κ3) is 5.65. The molecule has 3 heterocycles. The Balaban J connectivity index is 1.54. The van der Waals surface area contributed by atoms with Gasteiger partial charge in [-0.25, -0.2) is 4.68 Å². The summed E-state index contributed by atoms with van der Waals surface area (Å²) in [5.41, 5.74) is 1.41. The van der Waals surface area contributed by atoms with Crippen molar-refractivity contribution in [3.63, 3.8) is 0 Å². The van der Waals surface area contributed by atoms with Gasteiger partial charge in [0.25, 0.3) is 5.56 Å². The standard InChI is InChI=1S/C26H32ClN5O2/c1-26(2,3)25(34)29-12-14-31-13-4-5-20(31)17-32-24(33)21-10-11-28-16-22(21)23(30-32)15-18-6-8-19(27)9-7-18/h6-11,16,20H,4-5,12-15,17H2,1-3H3,(H,29,34). The number of likely N-dealkylation sites (tertiary alicyclic amines) is 1. The van der Waals surface area contributed by atoms with E-state index in [0.717, 1.165) is 42.6 Å². The molecule has 1 aliphatic rings. The predicted molar refractivity (Wildman–Crippen MR) is 135 cm³/mol. The fourth-order valence-corrected chi connectivity index (χ4v) is 4.54. The second-order valence-corrected chi connectivity index (χ2v) is 10.4. The Morgan fingerprint density at radius 1 is 1.18 bits per heavy atom. The van der Waals surface area contributed by atoms with E-state index in [4.69, 9.17) is 16.7 Å². The quantitative estimate of drug-likeness (QED) is 0.557. The number of carbonyl (C=O) groups excluding carboxylic acids is 1. The molecule has 2 aromatic heterocycles. The topological polar surface area (TPSA) is 80.1 Å². The number of hydrogen-bond donors (Lipinski definition) is 1. The van der Waals surface area contributed by atoms with Gasteiger partial charge in [-0.05, 0) is 43.1 Å². The highest BCUT2D eigenvalue weighted by Gasteiger charge is 2.27. The molecular weight excluding hydrogens is 450 g/mol. The molecule has 1 unspecified atom stereocenters. The minimum absolute atomic E-state index is 0.0520. The van der Waals surface area contributed by atoms with Crippen LogP contribution in [-0.4, -0.2) is 51.2 Å². The van der Waals surface area contributed by atoms with Crippen LogP contribution >= 0.6 is 11.6 Å². The molecule has 0 saturated carbocycles. The highest BCUT2D eigenvalue weighted by Crippen LogP contribution is 2.21. The van der Waals surface area contributed by atoms with Gasteiger partial charge in [0.05, 0.1) is 17.6 Å². The van der Waals surface area contributed by atoms with Crippen molar-refractivity contribution in [2.75, 3.05) is 19.6 Å². The van der Waals surface area contributed by atoms with E-state index in [9.17, 15) is 9.59 Å². The Bertz CT molecular complexity index is 1220. The van der Waals surface area contributed by atoms with Crippen molar-refractivity contribution in [3.8, 4) is 0 Å². The van der Waals surface area contributed by atoms with Gasteiger partial charge in [-0.3, -0.25) is 19.5 Å². The number of benzene rings is 1. The first-order valence-corrected chi connectivity index (χ1v) is 12.2. The van der Waals surface area contributed by atoms with Crippen molar-refractivity contribution in [1.29, 1.82) is 0 Å². The van der Waals surface area contributed by atoms with Crippen molar-refractivity contribution in [1.82, 2.24) is 25.0 Å². The number of aromatic nitrogens is 3. The zero-order valence-electron chi connectivity index (χ0n) is 20.1. The number of amides is 1. The lowest BCUT2D eigenvalue weighted by Gasteiger charge is -2.26. The smallest absolute Gasteiger partial charge is 0.274 e. The summed E-state index contributed by atoms with van der Waals surface area (Å²) in [6.07, 6.45) is 6.04. The molecule has 8 heteroatoms. The van der Waals surface area contributed by atoms with Gasteiger partial charge in [-0.1, -0.05) is 44.5 Å². The van der Waals surface area contributed by atoms with Gasteiger partial charge in [0.1, 0.15) is 0 Å². The zero-order valence-corrected chi connectivity index (χ0v) is 20.8. The van der Waals surface area contributed by atoms with Crippen LogP contribution in [0.1, 0.15) is 44.9 Å². The Kier molecular flexibility index (Phi) is 7.33. The van der Waals surface area contributed by atoms with Crippen molar-refractivity contribution in [3.05, 3.63) is 69.4 Å². The van der Waals surface area contributed by atoms with E-state index in [1.165, 1.54) is 0 Å². The second-order valence-electron chi connectivity index (χ2n) is 10.00. The van der Waals surface area contributed by atoms with E-state index in [0.29, 0.717) is 29.9 Å². The second kappa shape index (κ2) is 10.2. The van der Waals surface area contributed by atoms with Crippen molar-refractivity contribution >= 4 is 28.3 Å². The fraction of sp³-hybridized carbons (Fsp3) is 0.462. The van der Waals surface area contributed by atoms with Crippen molar-refractivity contribution in [2.24, 2.45) is 5.41 Å². The van der Waals surface area contributed by atoms with E-state index >= 15 is 0 Å². The lowest BCUT2D eigenvalue weighted by atomic mass is 9.96. The van der Waals surface area contributed by atoms with E-state index < -0.39 is 5.41 Å². The van der Waals surface area contributed by atoms with Crippen LogP contribution in [0, 0.1) is 5.41 Å². The summed E-state index contributed by atoms with van der Waals surface area (Å²) in [7, 11) is 0. The van der Waals surface area contributed by atoms with Crippen LogP contribution in [0.5, 0.6) is 0 Å². The van der Waals surface area contributed by atoms with Crippen molar-refractivity contribution < 1.29 is 4.79 Å². The van der Waals surface area contributed by atoms with Gasteiger partial charge in [0, 0.05) is 53.8 Å². The number of halogens is 1. The number of hydrogen-bond acceptors (Lipinski definition) is 5. The molecular formula is C26H32ClN5O2. The predicted octanol–water partition coefficient (Wildman–Crippen LogP) is 3.66. The summed E-state index contributed by atoms with van der Waals surface area (Å²) in [6.45, 7) is 8.58. The SMILES string of the molecule is CC(C)(C)C(=O)NCCN1CCCC1Cn1nc(Cc2ccc(Cl)cc2)c2cnccc2c1=O. The third-order valence-corrected chi connectivity index (χ3v) is 6.62. The molecule has 1 N–H and O–H groups in total. The maximum atomic E-state index is 13.3. The molecule has 1 atom stereocenters. The van der Waals surface area contributed by atoms with Gasteiger partial charge in [0.2, 0.25) is 5.91 Å². The van der Waals surface area contributed by atoms with Gasteiger partial charge in [0.15, 0.2) is 0 Å². The van der Waals surface area contributed by atoms with E-state index in [2.05, 4.69) is 15.2 Å².